The van der Waals surface area contributed by atoms with E-state index in [1.54, 1.807) is 7.11 Å². The molecule has 0 aliphatic carbocycles. The van der Waals surface area contributed by atoms with Crippen molar-refractivity contribution >= 4 is 11.7 Å². The minimum atomic E-state index is -0.711. The monoisotopic (exact) mass is 292 g/mol. The molecule has 2 rings (SSSR count). The van der Waals surface area contributed by atoms with E-state index < -0.39 is 5.97 Å². The van der Waals surface area contributed by atoms with Gasteiger partial charge in [0, 0.05) is 30.9 Å². The molecular formula is C16H24N2O3. The number of methoxy groups -OCH3 is 1. The molecule has 1 saturated heterocycles. The van der Waals surface area contributed by atoms with Gasteiger partial charge < -0.3 is 15.2 Å². The summed E-state index contributed by atoms with van der Waals surface area (Å²) in [6.45, 7) is 3.58. The van der Waals surface area contributed by atoms with Crippen LogP contribution in [-0.4, -0.2) is 48.3 Å². The largest absolute Gasteiger partial charge is 0.497 e. The Bertz CT molecular complexity index is 470. The molecule has 0 radical (unpaired) electrons. The second-order valence-corrected chi connectivity index (χ2v) is 5.45. The zero-order valence-electron chi connectivity index (χ0n) is 12.7. The summed E-state index contributed by atoms with van der Waals surface area (Å²) in [5, 5.41) is 12.7. The quantitative estimate of drug-likeness (QED) is 0.843. The van der Waals surface area contributed by atoms with E-state index in [0.29, 0.717) is 12.5 Å². The van der Waals surface area contributed by atoms with Gasteiger partial charge in [0.25, 0.3) is 0 Å². The predicted molar refractivity (Wildman–Crippen MR) is 82.9 cm³/mol. The first-order valence-corrected chi connectivity index (χ1v) is 7.51. The average molecular weight is 292 g/mol. The van der Waals surface area contributed by atoms with Gasteiger partial charge in [0.2, 0.25) is 0 Å². The van der Waals surface area contributed by atoms with Crippen molar-refractivity contribution in [1.82, 2.24) is 4.90 Å². The Morgan fingerprint density at radius 3 is 2.76 bits per heavy atom. The van der Waals surface area contributed by atoms with Crippen molar-refractivity contribution < 1.29 is 14.6 Å². The molecule has 1 aliphatic rings. The second kappa shape index (κ2) is 7.31. The second-order valence-electron chi connectivity index (χ2n) is 5.45. The topological polar surface area (TPSA) is 61.8 Å². The van der Waals surface area contributed by atoms with Crippen LogP contribution in [0.15, 0.2) is 24.3 Å². The maximum absolute atomic E-state index is 11.2. The van der Waals surface area contributed by atoms with Crippen LogP contribution in [0.3, 0.4) is 0 Å². The van der Waals surface area contributed by atoms with E-state index in [1.165, 1.54) is 0 Å². The molecule has 0 saturated carbocycles. The van der Waals surface area contributed by atoms with Gasteiger partial charge in [-0.2, -0.15) is 0 Å². The molecular weight excluding hydrogens is 268 g/mol. The molecule has 1 heterocycles. The number of rotatable bonds is 6. The maximum Gasteiger partial charge on any atom is 0.320 e. The number of carboxylic acid groups (broad SMARTS) is 1. The lowest BCUT2D eigenvalue weighted by molar-refractivity contribution is -0.143. The van der Waals surface area contributed by atoms with Crippen molar-refractivity contribution in [2.45, 2.75) is 38.3 Å². The minimum absolute atomic E-state index is 0.345. The van der Waals surface area contributed by atoms with Crippen LogP contribution in [0.25, 0.3) is 0 Å². The average Bonchev–Trinajstić information content (AvgIpc) is 2.49. The number of anilines is 1. The van der Waals surface area contributed by atoms with Gasteiger partial charge in [-0.3, -0.25) is 9.69 Å². The fraction of sp³-hybridized carbons (Fsp3) is 0.562. The number of hydrogen-bond donors (Lipinski definition) is 2. The van der Waals surface area contributed by atoms with Gasteiger partial charge in [0.15, 0.2) is 0 Å². The van der Waals surface area contributed by atoms with Crippen LogP contribution in [0.4, 0.5) is 5.69 Å². The number of nitrogens with zero attached hydrogens (tertiary/aromatic N) is 1. The van der Waals surface area contributed by atoms with Crippen molar-refractivity contribution in [3.63, 3.8) is 0 Å². The molecule has 0 aromatic heterocycles. The van der Waals surface area contributed by atoms with Crippen LogP contribution < -0.4 is 10.1 Å². The van der Waals surface area contributed by atoms with Gasteiger partial charge in [-0.25, -0.2) is 0 Å². The molecule has 1 aromatic rings. The van der Waals surface area contributed by atoms with Gasteiger partial charge in [0.1, 0.15) is 11.8 Å². The van der Waals surface area contributed by atoms with E-state index in [4.69, 9.17) is 4.74 Å². The summed E-state index contributed by atoms with van der Waals surface area (Å²) in [4.78, 5) is 13.3. The molecule has 5 heteroatoms. The summed E-state index contributed by atoms with van der Waals surface area (Å²) in [5.74, 6) is 0.131. The number of piperidine rings is 1. The summed E-state index contributed by atoms with van der Waals surface area (Å²) in [6.07, 6.45) is 2.57. The lowest BCUT2D eigenvalue weighted by atomic mass is 10.0. The number of carbonyl (C=O) groups is 1. The Kier molecular flexibility index (Phi) is 5.44. The standard InChI is InChI=1S/C16H24N2O3/c1-3-15(16(19)20)18-9-7-12(8-10-18)17-13-5-4-6-14(11-13)21-2/h4-6,11-12,15,17H,3,7-10H2,1-2H3,(H,19,20)/t15-/m1/s1. The first kappa shape index (κ1) is 15.6. The Morgan fingerprint density at radius 1 is 1.48 bits per heavy atom. The van der Waals surface area contributed by atoms with Crippen molar-refractivity contribution in [3.05, 3.63) is 24.3 Å². The fourth-order valence-corrected chi connectivity index (χ4v) is 2.89. The molecule has 1 fully saturated rings. The Labute approximate surface area is 125 Å². The molecule has 1 aliphatic heterocycles. The Hall–Kier alpha value is -1.75. The Morgan fingerprint density at radius 2 is 2.19 bits per heavy atom. The van der Waals surface area contributed by atoms with Crippen molar-refractivity contribution in [2.24, 2.45) is 0 Å². The number of nitrogens with one attached hydrogen (secondary N) is 1. The highest BCUT2D eigenvalue weighted by molar-refractivity contribution is 5.73. The summed E-state index contributed by atoms with van der Waals surface area (Å²) in [6, 6.07) is 7.95. The first-order chi connectivity index (χ1) is 10.1. The summed E-state index contributed by atoms with van der Waals surface area (Å²) < 4.78 is 5.22. The van der Waals surface area contributed by atoms with Crippen LogP contribution >= 0.6 is 0 Å². The lowest BCUT2D eigenvalue weighted by Gasteiger charge is -2.36. The van der Waals surface area contributed by atoms with Crippen molar-refractivity contribution in [2.75, 3.05) is 25.5 Å². The highest BCUT2D eigenvalue weighted by Crippen LogP contribution is 2.22. The van der Waals surface area contributed by atoms with Gasteiger partial charge >= 0.3 is 5.97 Å². The molecule has 116 valence electrons. The number of carboxylic acids is 1. The van der Waals surface area contributed by atoms with Gasteiger partial charge in [-0.15, -0.1) is 0 Å². The zero-order valence-corrected chi connectivity index (χ0v) is 12.7. The van der Waals surface area contributed by atoms with Crippen LogP contribution in [-0.2, 0) is 4.79 Å². The van der Waals surface area contributed by atoms with E-state index in [2.05, 4.69) is 10.2 Å². The number of ether oxygens (including phenoxy) is 1. The Balaban J connectivity index is 1.87. The summed E-state index contributed by atoms with van der Waals surface area (Å²) >= 11 is 0. The molecule has 0 spiro atoms. The highest BCUT2D eigenvalue weighted by Gasteiger charge is 2.28. The SMILES string of the molecule is CC[C@H](C(=O)O)N1CCC(Nc2cccc(OC)c2)CC1. The minimum Gasteiger partial charge on any atom is -0.497 e. The van der Waals surface area contributed by atoms with Crippen molar-refractivity contribution in [1.29, 1.82) is 0 Å². The normalized spacial score (nSPS) is 18.2. The molecule has 1 aromatic carbocycles. The van der Waals surface area contributed by atoms with Crippen LogP contribution in [0.1, 0.15) is 26.2 Å². The molecule has 0 bridgehead atoms. The van der Waals surface area contributed by atoms with Crippen LogP contribution in [0.2, 0.25) is 0 Å². The number of likely N-dealkylation sites (tertiary alicyclic amines) is 1. The van der Waals surface area contributed by atoms with E-state index in [1.807, 2.05) is 31.2 Å². The molecule has 2 N–H and O–H groups in total. The molecule has 1 atom stereocenters. The summed E-state index contributed by atoms with van der Waals surface area (Å²) in [5.41, 5.74) is 1.05. The van der Waals surface area contributed by atoms with E-state index in [0.717, 1.165) is 37.4 Å². The first-order valence-electron chi connectivity index (χ1n) is 7.51. The number of hydrogen-bond acceptors (Lipinski definition) is 4. The van der Waals surface area contributed by atoms with Gasteiger partial charge in [-0.1, -0.05) is 13.0 Å². The zero-order chi connectivity index (χ0) is 15.2. The lowest BCUT2D eigenvalue weighted by Crippen LogP contribution is -2.47. The fourth-order valence-electron chi connectivity index (χ4n) is 2.89. The van der Waals surface area contributed by atoms with Crippen LogP contribution in [0.5, 0.6) is 5.75 Å². The van der Waals surface area contributed by atoms with Crippen LogP contribution in [0, 0.1) is 0 Å². The van der Waals surface area contributed by atoms with Crippen molar-refractivity contribution in [3.8, 4) is 5.75 Å². The molecule has 0 unspecified atom stereocenters. The van der Waals surface area contributed by atoms with E-state index in [-0.39, 0.29) is 6.04 Å². The predicted octanol–water partition coefficient (Wildman–Crippen LogP) is 2.43. The maximum atomic E-state index is 11.2. The molecule has 21 heavy (non-hydrogen) atoms. The third-order valence-corrected chi connectivity index (χ3v) is 4.08. The molecule has 0 amide bonds. The molecule has 5 nitrogen and oxygen atoms in total. The number of aliphatic carboxylic acids is 1. The smallest absolute Gasteiger partial charge is 0.320 e. The highest BCUT2D eigenvalue weighted by atomic mass is 16.5. The van der Waals surface area contributed by atoms with E-state index >= 15 is 0 Å². The number of benzene rings is 1. The van der Waals surface area contributed by atoms with Gasteiger partial charge in [-0.05, 0) is 31.4 Å². The van der Waals surface area contributed by atoms with E-state index in [9.17, 15) is 9.90 Å². The third-order valence-electron chi connectivity index (χ3n) is 4.08. The van der Waals surface area contributed by atoms with Gasteiger partial charge in [0.05, 0.1) is 7.11 Å². The summed E-state index contributed by atoms with van der Waals surface area (Å²) in [7, 11) is 1.66. The third kappa shape index (κ3) is 4.11.